The Morgan fingerprint density at radius 2 is 2.16 bits per heavy atom. The van der Waals surface area contributed by atoms with Gasteiger partial charge in [0.25, 0.3) is 0 Å². The Morgan fingerprint density at radius 3 is 2.84 bits per heavy atom. The number of aryl methyl sites for hydroxylation is 1. The SMILES string of the molecule is O=C1CCCc2ccc(NCC3(CO)COC3)cc21. The van der Waals surface area contributed by atoms with Crippen LogP contribution in [0, 0.1) is 5.41 Å². The van der Waals surface area contributed by atoms with E-state index >= 15 is 0 Å². The van der Waals surface area contributed by atoms with E-state index in [2.05, 4.69) is 5.32 Å². The number of ether oxygens (including phenoxy) is 1. The number of rotatable bonds is 4. The largest absolute Gasteiger partial charge is 0.396 e. The molecule has 0 saturated carbocycles. The van der Waals surface area contributed by atoms with E-state index in [9.17, 15) is 9.90 Å². The maximum atomic E-state index is 11.9. The lowest BCUT2D eigenvalue weighted by molar-refractivity contribution is -0.128. The summed E-state index contributed by atoms with van der Waals surface area (Å²) in [6, 6.07) is 6.00. The Bertz CT molecular complexity index is 489. The molecule has 0 unspecified atom stereocenters. The zero-order valence-corrected chi connectivity index (χ0v) is 10.9. The molecule has 1 aliphatic carbocycles. The van der Waals surface area contributed by atoms with Gasteiger partial charge in [0.15, 0.2) is 5.78 Å². The fourth-order valence-corrected chi connectivity index (χ4v) is 2.67. The number of fused-ring (bicyclic) bond motifs is 1. The molecular formula is C15H19NO3. The van der Waals surface area contributed by atoms with Crippen LogP contribution in [0.4, 0.5) is 5.69 Å². The van der Waals surface area contributed by atoms with Gasteiger partial charge in [-0.1, -0.05) is 6.07 Å². The van der Waals surface area contributed by atoms with E-state index in [4.69, 9.17) is 4.74 Å². The average molecular weight is 261 g/mol. The van der Waals surface area contributed by atoms with Crippen molar-refractivity contribution in [1.82, 2.24) is 0 Å². The second kappa shape index (κ2) is 4.94. The molecule has 3 rings (SSSR count). The third-order valence-corrected chi connectivity index (χ3v) is 4.08. The molecule has 1 fully saturated rings. The number of aliphatic hydroxyl groups excluding tert-OH is 1. The maximum absolute atomic E-state index is 11.9. The van der Waals surface area contributed by atoms with E-state index in [1.807, 2.05) is 18.2 Å². The van der Waals surface area contributed by atoms with Gasteiger partial charge in [-0.2, -0.15) is 0 Å². The van der Waals surface area contributed by atoms with Crippen molar-refractivity contribution in [2.45, 2.75) is 19.3 Å². The molecule has 1 aromatic carbocycles. The summed E-state index contributed by atoms with van der Waals surface area (Å²) >= 11 is 0. The van der Waals surface area contributed by atoms with Crippen molar-refractivity contribution in [3.8, 4) is 0 Å². The number of ketones is 1. The van der Waals surface area contributed by atoms with Crippen molar-refractivity contribution in [3.05, 3.63) is 29.3 Å². The Hall–Kier alpha value is -1.39. The second-order valence-electron chi connectivity index (χ2n) is 5.65. The summed E-state index contributed by atoms with van der Waals surface area (Å²) in [5.41, 5.74) is 2.82. The molecule has 102 valence electrons. The molecule has 1 aromatic rings. The van der Waals surface area contributed by atoms with Crippen LogP contribution in [0.2, 0.25) is 0 Å². The van der Waals surface area contributed by atoms with Crippen LogP contribution in [0.5, 0.6) is 0 Å². The normalized spacial score (nSPS) is 20.6. The van der Waals surface area contributed by atoms with Gasteiger partial charge in [0.05, 0.1) is 25.2 Å². The number of carbonyl (C=O) groups excluding carboxylic acids is 1. The minimum Gasteiger partial charge on any atom is -0.396 e. The van der Waals surface area contributed by atoms with Crippen molar-refractivity contribution < 1.29 is 14.6 Å². The van der Waals surface area contributed by atoms with Crippen molar-refractivity contribution in [2.75, 3.05) is 31.7 Å². The summed E-state index contributed by atoms with van der Waals surface area (Å²) in [4.78, 5) is 11.9. The first-order chi connectivity index (χ1) is 9.22. The Morgan fingerprint density at radius 1 is 1.32 bits per heavy atom. The van der Waals surface area contributed by atoms with Gasteiger partial charge in [0, 0.05) is 24.2 Å². The van der Waals surface area contributed by atoms with Gasteiger partial charge in [0.1, 0.15) is 0 Å². The molecule has 1 saturated heterocycles. The number of Topliss-reactive ketones (excluding diaryl/α,β-unsaturated/α-hetero) is 1. The number of hydrogen-bond acceptors (Lipinski definition) is 4. The van der Waals surface area contributed by atoms with Crippen LogP contribution in [-0.4, -0.2) is 37.3 Å². The van der Waals surface area contributed by atoms with Crippen LogP contribution in [0.25, 0.3) is 0 Å². The molecule has 2 aliphatic rings. The zero-order valence-electron chi connectivity index (χ0n) is 10.9. The zero-order chi connectivity index (χ0) is 13.3. The summed E-state index contributed by atoms with van der Waals surface area (Å²) in [5.74, 6) is 0.244. The summed E-state index contributed by atoms with van der Waals surface area (Å²) in [6.07, 6.45) is 2.62. The van der Waals surface area contributed by atoms with Crippen LogP contribution in [-0.2, 0) is 11.2 Å². The molecule has 1 aliphatic heterocycles. The lowest BCUT2D eigenvalue weighted by Crippen LogP contribution is -2.50. The molecule has 0 radical (unpaired) electrons. The number of aliphatic hydroxyl groups is 1. The third kappa shape index (κ3) is 2.38. The number of hydrogen-bond donors (Lipinski definition) is 2. The molecule has 1 heterocycles. The van der Waals surface area contributed by atoms with Crippen molar-refractivity contribution in [1.29, 1.82) is 0 Å². The summed E-state index contributed by atoms with van der Waals surface area (Å²) in [5, 5.41) is 12.7. The van der Waals surface area contributed by atoms with Gasteiger partial charge < -0.3 is 15.2 Å². The Labute approximate surface area is 112 Å². The third-order valence-electron chi connectivity index (χ3n) is 4.08. The van der Waals surface area contributed by atoms with Crippen LogP contribution >= 0.6 is 0 Å². The number of carbonyl (C=O) groups is 1. The number of nitrogens with one attached hydrogen (secondary N) is 1. The minimum atomic E-state index is -0.153. The molecule has 4 nitrogen and oxygen atoms in total. The van der Waals surface area contributed by atoms with Crippen molar-refractivity contribution in [3.63, 3.8) is 0 Å². The van der Waals surface area contributed by atoms with Gasteiger partial charge in [-0.15, -0.1) is 0 Å². The highest BCUT2D eigenvalue weighted by Crippen LogP contribution is 2.28. The van der Waals surface area contributed by atoms with Gasteiger partial charge in [-0.3, -0.25) is 4.79 Å². The molecule has 0 aromatic heterocycles. The predicted octanol–water partition coefficient (Wildman–Crippen LogP) is 1.63. The maximum Gasteiger partial charge on any atom is 0.163 e. The van der Waals surface area contributed by atoms with Crippen LogP contribution in [0.1, 0.15) is 28.8 Å². The molecule has 0 spiro atoms. The van der Waals surface area contributed by atoms with Crippen LogP contribution in [0.3, 0.4) is 0 Å². The Kier molecular flexibility index (Phi) is 3.29. The summed E-state index contributed by atoms with van der Waals surface area (Å²) in [7, 11) is 0. The fourth-order valence-electron chi connectivity index (χ4n) is 2.67. The van der Waals surface area contributed by atoms with Crippen LogP contribution < -0.4 is 5.32 Å². The monoisotopic (exact) mass is 261 g/mol. The quantitative estimate of drug-likeness (QED) is 0.865. The van der Waals surface area contributed by atoms with E-state index in [0.717, 1.165) is 29.7 Å². The van der Waals surface area contributed by atoms with Crippen LogP contribution in [0.15, 0.2) is 18.2 Å². The molecule has 19 heavy (non-hydrogen) atoms. The lowest BCUT2D eigenvalue weighted by atomic mass is 9.86. The Balaban J connectivity index is 1.72. The van der Waals surface area contributed by atoms with E-state index in [1.165, 1.54) is 0 Å². The molecule has 0 atom stereocenters. The van der Waals surface area contributed by atoms with Gasteiger partial charge in [-0.05, 0) is 30.5 Å². The van der Waals surface area contributed by atoms with Gasteiger partial charge >= 0.3 is 0 Å². The minimum absolute atomic E-state index is 0.129. The summed E-state index contributed by atoms with van der Waals surface area (Å²) in [6.45, 7) is 2.00. The molecular weight excluding hydrogens is 242 g/mol. The molecule has 0 bridgehead atoms. The first kappa shape index (κ1) is 12.6. The first-order valence-corrected chi connectivity index (χ1v) is 6.81. The average Bonchev–Trinajstić information content (AvgIpc) is 2.39. The number of benzene rings is 1. The lowest BCUT2D eigenvalue weighted by Gasteiger charge is -2.40. The van der Waals surface area contributed by atoms with Crippen molar-refractivity contribution >= 4 is 11.5 Å². The molecule has 2 N–H and O–H groups in total. The topological polar surface area (TPSA) is 58.6 Å². The predicted molar refractivity (Wildman–Crippen MR) is 72.5 cm³/mol. The highest BCUT2D eigenvalue weighted by molar-refractivity contribution is 5.99. The highest BCUT2D eigenvalue weighted by atomic mass is 16.5. The van der Waals surface area contributed by atoms with E-state index in [1.54, 1.807) is 0 Å². The fraction of sp³-hybridized carbons (Fsp3) is 0.533. The first-order valence-electron chi connectivity index (χ1n) is 6.81. The van der Waals surface area contributed by atoms with Crippen molar-refractivity contribution in [2.24, 2.45) is 5.41 Å². The summed E-state index contributed by atoms with van der Waals surface area (Å²) < 4.78 is 5.17. The van der Waals surface area contributed by atoms with Gasteiger partial charge in [0.2, 0.25) is 0 Å². The van der Waals surface area contributed by atoms with E-state index in [0.29, 0.717) is 26.2 Å². The molecule has 0 amide bonds. The molecule has 4 heteroatoms. The van der Waals surface area contributed by atoms with E-state index < -0.39 is 0 Å². The highest BCUT2D eigenvalue weighted by Gasteiger charge is 2.37. The number of anilines is 1. The standard InChI is InChI=1S/C15H19NO3/c17-8-15(9-19-10-15)7-16-12-5-4-11-2-1-3-14(18)13(11)6-12/h4-6,16-17H,1-3,7-10H2. The smallest absolute Gasteiger partial charge is 0.163 e. The van der Waals surface area contributed by atoms with E-state index in [-0.39, 0.29) is 17.8 Å². The second-order valence-corrected chi connectivity index (χ2v) is 5.65. The van der Waals surface area contributed by atoms with Gasteiger partial charge in [-0.25, -0.2) is 0 Å².